The zero-order valence-corrected chi connectivity index (χ0v) is 17.9. The van der Waals surface area contributed by atoms with Gasteiger partial charge in [0.1, 0.15) is 0 Å². The third-order valence-electron chi connectivity index (χ3n) is 6.30. The van der Waals surface area contributed by atoms with E-state index in [-0.39, 0.29) is 5.91 Å². The Labute approximate surface area is 186 Å². The molecule has 1 N–H and O–H groups in total. The third-order valence-corrected chi connectivity index (χ3v) is 6.30. The number of nitrogens with one attached hydrogen (secondary N) is 1. The smallest absolute Gasteiger partial charge is 0.252 e. The van der Waals surface area contributed by atoms with E-state index in [0.717, 1.165) is 72.3 Å². The summed E-state index contributed by atoms with van der Waals surface area (Å²) < 4.78 is 3.82. The lowest BCUT2D eigenvalue weighted by atomic mass is 10.0. The second-order valence-electron chi connectivity index (χ2n) is 8.85. The maximum atomic E-state index is 13.4. The zero-order valence-electron chi connectivity index (χ0n) is 17.9. The summed E-state index contributed by atoms with van der Waals surface area (Å²) in [6.07, 6.45) is 9.06. The van der Waals surface area contributed by atoms with Crippen LogP contribution in [0.2, 0.25) is 0 Å². The predicted octanol–water partition coefficient (Wildman–Crippen LogP) is 4.19. The number of aryl methyl sites for hydroxylation is 1. The molecule has 2 fully saturated rings. The van der Waals surface area contributed by atoms with Crippen LogP contribution in [0.4, 0.5) is 0 Å². The molecule has 0 saturated heterocycles. The molecule has 0 aliphatic heterocycles. The van der Waals surface area contributed by atoms with Crippen molar-refractivity contribution < 1.29 is 4.79 Å². The number of pyridine rings is 1. The second-order valence-corrected chi connectivity index (χ2v) is 8.85. The first-order valence-corrected chi connectivity index (χ1v) is 11.5. The van der Waals surface area contributed by atoms with Gasteiger partial charge in [-0.25, -0.2) is 9.67 Å². The van der Waals surface area contributed by atoms with Gasteiger partial charge in [-0.05, 0) is 56.4 Å². The van der Waals surface area contributed by atoms with E-state index in [4.69, 9.17) is 10.1 Å². The van der Waals surface area contributed by atoms with Crippen LogP contribution in [0.5, 0.6) is 0 Å². The van der Waals surface area contributed by atoms with Crippen molar-refractivity contribution in [2.45, 2.75) is 50.5 Å². The summed E-state index contributed by atoms with van der Waals surface area (Å²) in [7, 11) is 0. The van der Waals surface area contributed by atoms with Crippen LogP contribution in [0.25, 0.3) is 16.7 Å². The molecule has 2 aliphatic rings. The van der Waals surface area contributed by atoms with Crippen molar-refractivity contribution in [1.82, 2.24) is 29.9 Å². The summed E-state index contributed by atoms with van der Waals surface area (Å²) in [6.45, 7) is 1.39. The van der Waals surface area contributed by atoms with Gasteiger partial charge < -0.3 is 5.32 Å². The van der Waals surface area contributed by atoms with Crippen molar-refractivity contribution in [3.05, 3.63) is 71.8 Å². The minimum Gasteiger partial charge on any atom is -0.352 e. The fourth-order valence-corrected chi connectivity index (χ4v) is 4.29. The largest absolute Gasteiger partial charge is 0.352 e. The number of carbonyl (C=O) groups excluding carboxylic acids is 1. The Morgan fingerprint density at radius 1 is 1.06 bits per heavy atom. The van der Waals surface area contributed by atoms with Crippen molar-refractivity contribution in [1.29, 1.82) is 0 Å². The molecular formula is C25H26N6O. The van der Waals surface area contributed by atoms with E-state index < -0.39 is 0 Å². The Kier molecular flexibility index (Phi) is 4.74. The highest BCUT2D eigenvalue weighted by Gasteiger charge is 2.34. The molecule has 0 spiro atoms. The zero-order chi connectivity index (χ0) is 21.5. The van der Waals surface area contributed by atoms with E-state index in [1.165, 1.54) is 0 Å². The van der Waals surface area contributed by atoms with Crippen LogP contribution in [-0.2, 0) is 6.54 Å². The van der Waals surface area contributed by atoms with E-state index in [1.54, 1.807) is 6.20 Å². The van der Waals surface area contributed by atoms with Gasteiger partial charge in [0.05, 0.1) is 22.3 Å². The number of carbonyl (C=O) groups is 1. The van der Waals surface area contributed by atoms with Crippen molar-refractivity contribution in [2.24, 2.45) is 0 Å². The minimum absolute atomic E-state index is 0.0331. The van der Waals surface area contributed by atoms with Gasteiger partial charge in [0.2, 0.25) is 0 Å². The average molecular weight is 427 g/mol. The van der Waals surface area contributed by atoms with Crippen molar-refractivity contribution >= 4 is 16.9 Å². The molecule has 1 amide bonds. The van der Waals surface area contributed by atoms with Gasteiger partial charge >= 0.3 is 0 Å². The van der Waals surface area contributed by atoms with Crippen LogP contribution >= 0.6 is 0 Å². The summed E-state index contributed by atoms with van der Waals surface area (Å²) in [4.78, 5) is 18.4. The summed E-state index contributed by atoms with van der Waals surface area (Å²) in [5, 5.41) is 13.3. The Balaban J connectivity index is 1.37. The number of hydrogen-bond acceptors (Lipinski definition) is 4. The highest BCUT2D eigenvalue weighted by molar-refractivity contribution is 6.07. The maximum Gasteiger partial charge on any atom is 0.252 e. The summed E-state index contributed by atoms with van der Waals surface area (Å²) in [5.41, 5.74) is 4.54. The molecule has 0 unspecified atom stereocenters. The molecule has 7 nitrogen and oxygen atoms in total. The highest BCUT2D eigenvalue weighted by Crippen LogP contribution is 2.45. The molecule has 32 heavy (non-hydrogen) atoms. The molecule has 3 heterocycles. The summed E-state index contributed by atoms with van der Waals surface area (Å²) >= 11 is 0. The number of benzene rings is 1. The number of aromatic nitrogens is 5. The molecule has 2 aliphatic carbocycles. The summed E-state index contributed by atoms with van der Waals surface area (Å²) in [5.74, 6) is 0.839. The Bertz CT molecular complexity index is 1250. The first-order valence-electron chi connectivity index (χ1n) is 11.5. The Morgan fingerprint density at radius 2 is 1.88 bits per heavy atom. The minimum atomic E-state index is -0.0331. The number of fused-ring (bicyclic) bond motifs is 1. The number of para-hydroxylation sites is 1. The van der Waals surface area contributed by atoms with Crippen molar-refractivity contribution in [3.63, 3.8) is 0 Å². The third kappa shape index (κ3) is 3.68. The Morgan fingerprint density at radius 3 is 2.59 bits per heavy atom. The van der Waals surface area contributed by atoms with E-state index in [2.05, 4.69) is 10.4 Å². The van der Waals surface area contributed by atoms with Crippen LogP contribution in [0, 0.1) is 0 Å². The van der Waals surface area contributed by atoms with Gasteiger partial charge in [-0.15, -0.1) is 0 Å². The lowest BCUT2D eigenvalue weighted by Crippen LogP contribution is -2.26. The number of hydrogen-bond donors (Lipinski definition) is 1. The molecule has 7 heteroatoms. The van der Waals surface area contributed by atoms with Crippen LogP contribution in [-0.4, -0.2) is 37.0 Å². The standard InChI is InChI=1S/C25H26N6O/c32-25(26-12-4-14-30-15-5-13-27-30)20-16-21(17-8-9-17)28-24-22(20)23(18-10-11-18)29-31(24)19-6-2-1-3-7-19/h1-3,5-7,13,15-18H,4,8-12,14H2,(H,26,32). The van der Waals surface area contributed by atoms with Gasteiger partial charge in [-0.1, -0.05) is 18.2 Å². The van der Waals surface area contributed by atoms with Gasteiger partial charge in [0.25, 0.3) is 5.91 Å². The molecule has 162 valence electrons. The van der Waals surface area contributed by atoms with Crippen molar-refractivity contribution in [3.8, 4) is 5.69 Å². The topological polar surface area (TPSA) is 77.6 Å². The quantitative estimate of drug-likeness (QED) is 0.429. The number of rotatable bonds is 8. The molecule has 0 radical (unpaired) electrons. The average Bonchev–Trinajstić information content (AvgIpc) is 3.76. The van der Waals surface area contributed by atoms with E-state index >= 15 is 0 Å². The molecule has 0 atom stereocenters. The number of nitrogens with zero attached hydrogens (tertiary/aromatic N) is 5. The molecule has 2 saturated carbocycles. The predicted molar refractivity (Wildman–Crippen MR) is 122 cm³/mol. The van der Waals surface area contributed by atoms with Gasteiger partial charge in [-0.3, -0.25) is 9.48 Å². The summed E-state index contributed by atoms with van der Waals surface area (Å²) in [6, 6.07) is 14.0. The normalized spacial score (nSPS) is 15.9. The second kappa shape index (κ2) is 7.89. The van der Waals surface area contributed by atoms with E-state index in [9.17, 15) is 4.79 Å². The van der Waals surface area contributed by atoms with E-state index in [1.807, 2.05) is 58.0 Å². The molecule has 1 aromatic carbocycles. The molecular weight excluding hydrogens is 400 g/mol. The van der Waals surface area contributed by atoms with Gasteiger partial charge in [-0.2, -0.15) is 10.2 Å². The van der Waals surface area contributed by atoms with E-state index in [0.29, 0.717) is 18.4 Å². The van der Waals surface area contributed by atoms with Crippen LogP contribution in [0.15, 0.2) is 54.9 Å². The van der Waals surface area contributed by atoms with Gasteiger partial charge in [0, 0.05) is 43.0 Å². The monoisotopic (exact) mass is 426 g/mol. The maximum absolute atomic E-state index is 13.4. The fraction of sp³-hybridized carbons (Fsp3) is 0.360. The van der Waals surface area contributed by atoms with Crippen LogP contribution < -0.4 is 5.32 Å². The molecule has 0 bridgehead atoms. The SMILES string of the molecule is O=C(NCCCn1cccn1)c1cc(C2CC2)nc2c1c(C1CC1)nn2-c1ccccc1. The van der Waals surface area contributed by atoms with Crippen LogP contribution in [0.1, 0.15) is 65.7 Å². The molecule has 3 aromatic heterocycles. The van der Waals surface area contributed by atoms with Crippen LogP contribution in [0.3, 0.4) is 0 Å². The lowest BCUT2D eigenvalue weighted by molar-refractivity contribution is 0.0954. The van der Waals surface area contributed by atoms with Gasteiger partial charge in [0.15, 0.2) is 5.65 Å². The highest BCUT2D eigenvalue weighted by atomic mass is 16.1. The molecule has 4 aromatic rings. The Hall–Kier alpha value is -3.48. The molecule has 6 rings (SSSR count). The first-order chi connectivity index (χ1) is 15.8. The first kappa shape index (κ1) is 19.2. The number of amides is 1. The van der Waals surface area contributed by atoms with Crippen molar-refractivity contribution in [2.75, 3.05) is 6.54 Å². The fourth-order valence-electron chi connectivity index (χ4n) is 4.29. The lowest BCUT2D eigenvalue weighted by Gasteiger charge is -2.10.